The molecule has 0 spiro atoms. The molecule has 0 aliphatic carbocycles. The first-order chi connectivity index (χ1) is 5.77. The van der Waals surface area contributed by atoms with Crippen LogP contribution in [0.2, 0.25) is 5.02 Å². The maximum absolute atomic E-state index is 9.50. The van der Waals surface area contributed by atoms with Crippen LogP contribution in [0, 0.1) is 0 Å². The van der Waals surface area contributed by atoms with E-state index >= 15 is 0 Å². The van der Waals surface area contributed by atoms with Crippen molar-refractivity contribution in [1.82, 2.24) is 5.32 Å². The Morgan fingerprint density at radius 3 is 2.75 bits per heavy atom. The zero-order chi connectivity index (χ0) is 8.55. The molecule has 64 valence electrons. The molecule has 1 aromatic rings. The Labute approximate surface area is 76.2 Å². The number of halogens is 1. The first-order valence-corrected chi connectivity index (χ1v) is 4.37. The van der Waals surface area contributed by atoms with Gasteiger partial charge in [0.15, 0.2) is 0 Å². The number of benzene rings is 1. The molecule has 0 bridgehead atoms. The quantitative estimate of drug-likeness (QED) is 0.699. The molecule has 1 atom stereocenters. The van der Waals surface area contributed by atoms with Crippen molar-refractivity contribution in [1.29, 1.82) is 0 Å². The van der Waals surface area contributed by atoms with Gasteiger partial charge in [0.05, 0.1) is 0 Å². The summed E-state index contributed by atoms with van der Waals surface area (Å²) in [5.74, 6) is 0.291. The highest BCUT2D eigenvalue weighted by Gasteiger charge is 2.20. The molecule has 0 amide bonds. The molecule has 3 heteroatoms. The lowest BCUT2D eigenvalue weighted by molar-refractivity contribution is 0.364. The van der Waals surface area contributed by atoms with Crippen molar-refractivity contribution < 1.29 is 5.11 Å². The fourth-order valence-electron chi connectivity index (χ4n) is 1.37. The number of phenolic OH excluding ortho intramolecular Hbond substituents is 1. The van der Waals surface area contributed by atoms with E-state index in [1.807, 2.05) is 6.07 Å². The molecule has 1 aliphatic heterocycles. The van der Waals surface area contributed by atoms with Crippen LogP contribution in [0.3, 0.4) is 0 Å². The number of aromatic hydroxyl groups is 1. The fourth-order valence-corrected chi connectivity index (χ4v) is 1.53. The van der Waals surface area contributed by atoms with Gasteiger partial charge in [0.1, 0.15) is 5.75 Å². The topological polar surface area (TPSA) is 32.3 Å². The van der Waals surface area contributed by atoms with E-state index in [1.54, 1.807) is 12.1 Å². The summed E-state index contributed by atoms with van der Waals surface area (Å²) in [5.41, 5.74) is 0.950. The first-order valence-electron chi connectivity index (χ1n) is 3.99. The van der Waals surface area contributed by atoms with Crippen molar-refractivity contribution in [2.24, 2.45) is 0 Å². The smallest absolute Gasteiger partial charge is 0.121 e. The summed E-state index contributed by atoms with van der Waals surface area (Å²) < 4.78 is 0. The third kappa shape index (κ3) is 1.28. The summed E-state index contributed by atoms with van der Waals surface area (Å²) in [6, 6.07) is 5.57. The average molecular weight is 184 g/mol. The van der Waals surface area contributed by atoms with Gasteiger partial charge >= 0.3 is 0 Å². The predicted molar refractivity (Wildman–Crippen MR) is 48.5 cm³/mol. The van der Waals surface area contributed by atoms with Crippen LogP contribution >= 0.6 is 11.6 Å². The van der Waals surface area contributed by atoms with Crippen molar-refractivity contribution in [2.45, 2.75) is 12.5 Å². The minimum absolute atomic E-state index is 0.291. The minimum Gasteiger partial charge on any atom is -0.508 e. The molecule has 1 saturated heterocycles. The van der Waals surface area contributed by atoms with Crippen molar-refractivity contribution in [3.05, 3.63) is 28.8 Å². The Morgan fingerprint density at radius 2 is 2.25 bits per heavy atom. The van der Waals surface area contributed by atoms with E-state index in [9.17, 15) is 5.11 Å². The third-order valence-corrected chi connectivity index (χ3v) is 2.43. The normalized spacial score (nSPS) is 21.9. The highest BCUT2D eigenvalue weighted by Crippen LogP contribution is 2.31. The van der Waals surface area contributed by atoms with E-state index in [-0.39, 0.29) is 0 Å². The second-order valence-corrected chi connectivity index (χ2v) is 3.43. The predicted octanol–water partition coefficient (Wildman–Crippen LogP) is 2.08. The first kappa shape index (κ1) is 7.90. The molecule has 1 aliphatic rings. The second-order valence-electron chi connectivity index (χ2n) is 3.00. The summed E-state index contributed by atoms with van der Waals surface area (Å²) in [6.07, 6.45) is 1.09. The molecule has 1 fully saturated rings. The van der Waals surface area contributed by atoms with Crippen LogP contribution in [-0.2, 0) is 0 Å². The SMILES string of the molecule is Oc1cc(Cl)ccc1[C@H]1CCN1. The maximum Gasteiger partial charge on any atom is 0.121 e. The Morgan fingerprint density at radius 1 is 1.50 bits per heavy atom. The molecule has 0 unspecified atom stereocenters. The van der Waals surface area contributed by atoms with Crippen LogP contribution in [0.5, 0.6) is 5.75 Å². The van der Waals surface area contributed by atoms with Gasteiger partial charge in [-0.2, -0.15) is 0 Å². The molecule has 0 saturated carbocycles. The van der Waals surface area contributed by atoms with Gasteiger partial charge in [-0.3, -0.25) is 0 Å². The van der Waals surface area contributed by atoms with E-state index in [2.05, 4.69) is 5.32 Å². The monoisotopic (exact) mass is 183 g/mol. The molecule has 1 aromatic carbocycles. The highest BCUT2D eigenvalue weighted by molar-refractivity contribution is 6.30. The number of rotatable bonds is 1. The van der Waals surface area contributed by atoms with Gasteiger partial charge in [-0.25, -0.2) is 0 Å². The molecule has 0 aromatic heterocycles. The lowest BCUT2D eigenvalue weighted by Gasteiger charge is -2.28. The standard InChI is InChI=1S/C9H10ClNO/c10-6-1-2-7(9(12)5-6)8-3-4-11-8/h1-2,5,8,11-12H,3-4H2/t8-/m1/s1. The van der Waals surface area contributed by atoms with Crippen LogP contribution in [0.15, 0.2) is 18.2 Å². The van der Waals surface area contributed by atoms with Gasteiger partial charge in [0.2, 0.25) is 0 Å². The van der Waals surface area contributed by atoms with Crippen LogP contribution in [0.1, 0.15) is 18.0 Å². The summed E-state index contributed by atoms with van der Waals surface area (Å²) in [4.78, 5) is 0. The molecule has 12 heavy (non-hydrogen) atoms. The van der Waals surface area contributed by atoms with Gasteiger partial charge in [-0.05, 0) is 25.1 Å². The lowest BCUT2D eigenvalue weighted by atomic mass is 9.97. The molecule has 2 N–H and O–H groups in total. The van der Waals surface area contributed by atoms with Crippen LogP contribution in [-0.4, -0.2) is 11.7 Å². The molecule has 1 heterocycles. The van der Waals surface area contributed by atoms with E-state index in [0.29, 0.717) is 16.8 Å². The summed E-state index contributed by atoms with van der Waals surface area (Å²) in [5, 5.41) is 13.3. The van der Waals surface area contributed by atoms with E-state index < -0.39 is 0 Å². The summed E-state index contributed by atoms with van der Waals surface area (Å²) >= 11 is 5.70. The Bertz CT molecular complexity index is 297. The van der Waals surface area contributed by atoms with Crippen molar-refractivity contribution in [2.75, 3.05) is 6.54 Å². The van der Waals surface area contributed by atoms with E-state index in [0.717, 1.165) is 18.5 Å². The third-order valence-electron chi connectivity index (χ3n) is 2.19. The molecular formula is C9H10ClNO. The largest absolute Gasteiger partial charge is 0.508 e. The van der Waals surface area contributed by atoms with Gasteiger partial charge in [0.25, 0.3) is 0 Å². The van der Waals surface area contributed by atoms with Crippen LogP contribution < -0.4 is 5.32 Å². The molecule has 2 nitrogen and oxygen atoms in total. The number of phenols is 1. The van der Waals surface area contributed by atoms with E-state index in [1.165, 1.54) is 0 Å². The summed E-state index contributed by atoms with van der Waals surface area (Å²) in [7, 11) is 0. The Balaban J connectivity index is 2.31. The van der Waals surface area contributed by atoms with Crippen molar-refractivity contribution in [3.63, 3.8) is 0 Å². The maximum atomic E-state index is 9.50. The van der Waals surface area contributed by atoms with Crippen LogP contribution in [0.25, 0.3) is 0 Å². The van der Waals surface area contributed by atoms with Gasteiger partial charge < -0.3 is 10.4 Å². The Kier molecular flexibility index (Phi) is 1.95. The summed E-state index contributed by atoms with van der Waals surface area (Å²) in [6.45, 7) is 1.03. The lowest BCUT2D eigenvalue weighted by Crippen LogP contribution is -2.34. The molecule has 0 radical (unpaired) electrons. The van der Waals surface area contributed by atoms with Crippen molar-refractivity contribution >= 4 is 11.6 Å². The van der Waals surface area contributed by atoms with E-state index in [4.69, 9.17) is 11.6 Å². The van der Waals surface area contributed by atoms with Crippen LogP contribution in [0.4, 0.5) is 0 Å². The minimum atomic E-state index is 0.291. The second kappa shape index (κ2) is 2.96. The fraction of sp³-hybridized carbons (Fsp3) is 0.333. The molecular weight excluding hydrogens is 174 g/mol. The Hall–Kier alpha value is -0.730. The average Bonchev–Trinajstić information content (AvgIpc) is 1.91. The van der Waals surface area contributed by atoms with Gasteiger partial charge in [-0.15, -0.1) is 0 Å². The highest BCUT2D eigenvalue weighted by atomic mass is 35.5. The number of hydrogen-bond acceptors (Lipinski definition) is 2. The number of nitrogens with one attached hydrogen (secondary N) is 1. The zero-order valence-corrected chi connectivity index (χ0v) is 7.30. The zero-order valence-electron chi connectivity index (χ0n) is 6.55. The van der Waals surface area contributed by atoms with Gasteiger partial charge in [-0.1, -0.05) is 17.7 Å². The van der Waals surface area contributed by atoms with Gasteiger partial charge in [0, 0.05) is 16.6 Å². The number of hydrogen-bond donors (Lipinski definition) is 2. The van der Waals surface area contributed by atoms with Crippen molar-refractivity contribution in [3.8, 4) is 5.75 Å². The molecule has 2 rings (SSSR count).